The molecule has 0 N–H and O–H groups in total. The lowest BCUT2D eigenvalue weighted by atomic mass is 10.1. The molecule has 3 unspecified atom stereocenters. The molecule has 1 aliphatic heterocycles. The van der Waals surface area contributed by atoms with Gasteiger partial charge in [-0.1, -0.05) is 0 Å². The number of nitrogens with zero attached hydrogens (tertiary/aromatic N) is 8. The van der Waals surface area contributed by atoms with Crippen LogP contribution in [-0.4, -0.2) is 149 Å². The molecule has 0 spiro atoms. The Labute approximate surface area is 196 Å². The normalized spacial score (nSPS) is 28.9. The average molecular weight is 497 g/mol. The molecule has 31 heavy (non-hydrogen) atoms. The first-order valence-electron chi connectivity index (χ1n) is 10.8. The molecule has 3 atom stereocenters. The molecule has 0 amide bonds. The Morgan fingerprint density at radius 2 is 1.00 bits per heavy atom. The van der Waals surface area contributed by atoms with Gasteiger partial charge < -0.3 is 0 Å². The molecule has 0 bridgehead atoms. The van der Waals surface area contributed by atoms with Crippen molar-refractivity contribution in [3.8, 4) is 0 Å². The van der Waals surface area contributed by atoms with Crippen LogP contribution in [0.1, 0.15) is 20.8 Å². The Balaban J connectivity index is 4.66. The Morgan fingerprint density at radius 3 is 1.19 bits per heavy atom. The van der Waals surface area contributed by atoms with Crippen LogP contribution in [0.25, 0.3) is 0 Å². The van der Waals surface area contributed by atoms with Crippen molar-refractivity contribution < 1.29 is 0 Å². The van der Waals surface area contributed by atoms with Crippen LogP contribution in [0.5, 0.6) is 0 Å². The molecule has 0 aromatic heterocycles. The lowest BCUT2D eigenvalue weighted by Crippen LogP contribution is -2.76. The van der Waals surface area contributed by atoms with Crippen LogP contribution in [0, 0.1) is 0 Å². The minimum Gasteiger partial charge on any atom is -0.283 e. The summed E-state index contributed by atoms with van der Waals surface area (Å²) in [4.78, 5) is 9.95. The van der Waals surface area contributed by atoms with Gasteiger partial charge in [0.25, 0.3) is 0 Å². The maximum absolute atomic E-state index is 5.91. The number of likely N-dealkylation sites (N-methyl/N-ethyl adjacent to an activating group) is 4. The largest absolute Gasteiger partial charge is 0.283 e. The standard InChI is InChI=1S/C20H51N8P3/c1-18(2,3)21-31(28(16)17)20(24(8)9,25(10)11)19(22(4)5,23(6)7)29(26(12)13)30(31)27(14)15/h1-17H3. The third-order valence-corrected chi connectivity index (χ3v) is 26.4. The minimum atomic E-state index is -2.19. The highest BCUT2D eigenvalue weighted by Gasteiger charge is 2.80. The second-order valence-electron chi connectivity index (χ2n) is 10.8. The van der Waals surface area contributed by atoms with E-state index in [-0.39, 0.29) is 16.3 Å². The predicted octanol–water partition coefficient (Wildman–Crippen LogP) is 3.78. The van der Waals surface area contributed by atoms with Crippen LogP contribution >= 0.6 is 22.1 Å². The van der Waals surface area contributed by atoms with Crippen LogP contribution in [0.3, 0.4) is 0 Å². The van der Waals surface area contributed by atoms with E-state index < -0.39 is 22.1 Å². The fourth-order valence-corrected chi connectivity index (χ4v) is 32.8. The predicted molar refractivity (Wildman–Crippen MR) is 144 cm³/mol. The van der Waals surface area contributed by atoms with Crippen molar-refractivity contribution in [2.24, 2.45) is 4.74 Å². The van der Waals surface area contributed by atoms with E-state index >= 15 is 0 Å². The van der Waals surface area contributed by atoms with E-state index in [4.69, 9.17) is 4.74 Å². The highest BCUT2D eigenvalue weighted by Crippen LogP contribution is 3.07. The summed E-state index contributed by atoms with van der Waals surface area (Å²) in [5.41, 5.74) is -0.159. The monoisotopic (exact) mass is 496 g/mol. The van der Waals surface area contributed by atoms with Gasteiger partial charge in [-0.05, 0) is 119 Å². The number of hydrogen-bond donors (Lipinski definition) is 0. The summed E-state index contributed by atoms with van der Waals surface area (Å²) in [5.74, 6) is 0. The van der Waals surface area contributed by atoms with Gasteiger partial charge in [-0.25, -0.2) is 0 Å². The highest BCUT2D eigenvalue weighted by molar-refractivity contribution is 8.63. The van der Waals surface area contributed by atoms with Gasteiger partial charge in [0, 0.05) is 0 Å². The van der Waals surface area contributed by atoms with E-state index in [0.717, 1.165) is 0 Å². The van der Waals surface area contributed by atoms with E-state index in [2.05, 4.69) is 153 Å². The summed E-state index contributed by atoms with van der Waals surface area (Å²) in [6, 6.07) is 0. The molecule has 1 aliphatic rings. The van der Waals surface area contributed by atoms with E-state index in [0.29, 0.717) is 0 Å². The maximum Gasteiger partial charge on any atom is 0.165 e. The van der Waals surface area contributed by atoms with Crippen molar-refractivity contribution in [1.82, 2.24) is 33.6 Å². The fourth-order valence-electron chi connectivity index (χ4n) is 5.51. The molecule has 0 aromatic carbocycles. The summed E-state index contributed by atoms with van der Waals surface area (Å²) in [5, 5.41) is -0.600. The molecule has 0 radical (unpaired) electrons. The smallest absolute Gasteiger partial charge is 0.165 e. The fraction of sp³-hybridized carbons (Fsp3) is 1.00. The summed E-state index contributed by atoms with van der Waals surface area (Å²) in [6.07, 6.45) is 0. The van der Waals surface area contributed by atoms with Crippen LogP contribution < -0.4 is 0 Å². The second-order valence-corrected chi connectivity index (χ2v) is 22.9. The molecule has 1 rings (SSSR count). The second kappa shape index (κ2) is 9.82. The van der Waals surface area contributed by atoms with E-state index in [1.54, 1.807) is 0 Å². The van der Waals surface area contributed by atoms with E-state index in [9.17, 15) is 0 Å². The van der Waals surface area contributed by atoms with Crippen LogP contribution in [0.2, 0.25) is 0 Å². The lowest BCUT2D eigenvalue weighted by molar-refractivity contribution is -0.0798. The van der Waals surface area contributed by atoms with Crippen molar-refractivity contribution in [3.05, 3.63) is 0 Å². The summed E-state index contributed by atoms with van der Waals surface area (Å²) >= 11 is 0. The van der Waals surface area contributed by atoms with Gasteiger partial charge in [-0.2, -0.15) is 0 Å². The van der Waals surface area contributed by atoms with Gasteiger partial charge in [0.1, 0.15) is 6.89 Å². The first-order chi connectivity index (χ1) is 13.8. The minimum absolute atomic E-state index is 0.159. The summed E-state index contributed by atoms with van der Waals surface area (Å²) in [7, 11) is 30.4. The maximum atomic E-state index is 5.91. The van der Waals surface area contributed by atoms with Gasteiger partial charge in [0.05, 0.1) is 20.7 Å². The number of hydrogen-bond acceptors (Lipinski definition) is 7. The third-order valence-electron chi connectivity index (χ3n) is 5.79. The molecular weight excluding hydrogens is 445 g/mol. The zero-order chi connectivity index (χ0) is 24.9. The molecule has 1 heterocycles. The van der Waals surface area contributed by atoms with E-state index in [1.807, 2.05) is 0 Å². The van der Waals surface area contributed by atoms with Crippen molar-refractivity contribution in [1.29, 1.82) is 0 Å². The Bertz CT molecular complexity index is 652. The van der Waals surface area contributed by atoms with Crippen molar-refractivity contribution in [3.63, 3.8) is 0 Å². The zero-order valence-electron chi connectivity index (χ0n) is 23.4. The number of rotatable bonds is 7. The lowest BCUT2D eigenvalue weighted by Gasteiger charge is -2.63. The summed E-state index contributed by atoms with van der Waals surface area (Å²) < 4.78 is 13.5. The van der Waals surface area contributed by atoms with Gasteiger partial charge in [-0.3, -0.25) is 38.4 Å². The highest BCUT2D eigenvalue weighted by atomic mass is 32.5. The third kappa shape index (κ3) is 4.12. The molecule has 1 fully saturated rings. The SMILES string of the molecule is CN(C)P1P(N(C)C)P(=NC(C)(C)C)(N(C)C)C(N(C)C)(N(C)C)C1(N(C)C)N(C)C. The molecule has 0 saturated carbocycles. The Kier molecular flexibility index (Phi) is 9.45. The van der Waals surface area contributed by atoms with Crippen molar-refractivity contribution in [2.45, 2.75) is 37.1 Å². The van der Waals surface area contributed by atoms with Crippen molar-refractivity contribution in [2.75, 3.05) is 98.7 Å². The van der Waals surface area contributed by atoms with Gasteiger partial charge in [0.2, 0.25) is 0 Å². The van der Waals surface area contributed by atoms with Gasteiger partial charge in [-0.15, -0.1) is 0 Å². The molecule has 0 aliphatic carbocycles. The first kappa shape index (κ1) is 29.8. The Morgan fingerprint density at radius 1 is 0.613 bits per heavy atom. The van der Waals surface area contributed by atoms with Gasteiger partial charge >= 0.3 is 0 Å². The summed E-state index contributed by atoms with van der Waals surface area (Å²) in [6.45, 7) is 4.60. The Hall–Kier alpha value is 0.810. The van der Waals surface area contributed by atoms with Gasteiger partial charge in [0.15, 0.2) is 10.8 Å². The van der Waals surface area contributed by atoms with Crippen molar-refractivity contribution >= 4 is 22.1 Å². The molecule has 186 valence electrons. The van der Waals surface area contributed by atoms with E-state index in [1.165, 1.54) is 0 Å². The topological polar surface area (TPSA) is 35.0 Å². The van der Waals surface area contributed by atoms with Crippen LogP contribution in [-0.2, 0) is 0 Å². The average Bonchev–Trinajstić information content (AvgIpc) is 2.79. The molecule has 11 heteroatoms. The first-order valence-corrected chi connectivity index (χ1v) is 16.5. The molecule has 1 saturated heterocycles. The van der Waals surface area contributed by atoms with Crippen LogP contribution in [0.4, 0.5) is 0 Å². The molecular formula is C20H51N8P3. The quantitative estimate of drug-likeness (QED) is 0.392. The molecule has 0 aromatic rings. The van der Waals surface area contributed by atoms with Crippen LogP contribution in [0.15, 0.2) is 4.74 Å². The zero-order valence-corrected chi connectivity index (χ0v) is 26.1. The molecule has 8 nitrogen and oxygen atoms in total.